The van der Waals surface area contributed by atoms with Crippen molar-refractivity contribution in [1.82, 2.24) is 25.1 Å². The molecule has 3 aromatic heterocycles. The fourth-order valence-corrected chi connectivity index (χ4v) is 6.16. The molecule has 23 heteroatoms. The molecule has 5 aromatic rings. The van der Waals surface area contributed by atoms with Crippen molar-refractivity contribution in [1.29, 1.82) is 0 Å². The third kappa shape index (κ3) is 19.4. The number of hydrogen-bond acceptors (Lipinski definition) is 16. The van der Waals surface area contributed by atoms with E-state index in [0.29, 0.717) is 42.0 Å². The smallest absolute Gasteiger partial charge is 0.425 e. The Kier molecular flexibility index (Phi) is 21.4. The molecule has 0 unspecified atom stereocenters. The van der Waals surface area contributed by atoms with Crippen LogP contribution >= 0.6 is 66.7 Å². The van der Waals surface area contributed by atoms with Crippen LogP contribution in [-0.4, -0.2) is 82.2 Å². The Labute approximate surface area is 444 Å². The number of imide groups is 2. The van der Waals surface area contributed by atoms with Crippen LogP contribution in [0.1, 0.15) is 105 Å². The summed E-state index contributed by atoms with van der Waals surface area (Å²) in [7, 11) is 0. The zero-order valence-corrected chi connectivity index (χ0v) is 46.4. The van der Waals surface area contributed by atoms with E-state index in [-0.39, 0.29) is 34.0 Å². The number of aromatic nitrogens is 5. The summed E-state index contributed by atoms with van der Waals surface area (Å²) in [6.07, 6.45) is 4.22. The summed E-state index contributed by atoms with van der Waals surface area (Å²) in [5.41, 5.74) is 0.634. The van der Waals surface area contributed by atoms with Crippen molar-refractivity contribution in [3.8, 4) is 35.1 Å². The van der Waals surface area contributed by atoms with Gasteiger partial charge in [0.05, 0.1) is 12.4 Å². The van der Waals surface area contributed by atoms with Gasteiger partial charge in [0.25, 0.3) is 0 Å². The molecule has 0 fully saturated rings. The Bertz CT molecular complexity index is 2670. The number of ether oxygens (including phenoxy) is 4. The normalized spacial score (nSPS) is 11.6. The minimum atomic E-state index is -0.971. The van der Waals surface area contributed by atoms with Crippen LogP contribution in [0.15, 0.2) is 85.9 Å². The molecule has 0 aliphatic carbocycles. The van der Waals surface area contributed by atoms with Gasteiger partial charge in [-0.1, -0.05) is 70.4 Å². The Balaban J connectivity index is 0.000000318. The highest BCUT2D eigenvalue weighted by Gasteiger charge is 2.38. The highest BCUT2D eigenvalue weighted by atomic mass is 79.9. The Morgan fingerprint density at radius 3 is 1.46 bits per heavy atom. The lowest BCUT2D eigenvalue weighted by Gasteiger charge is -2.28. The lowest BCUT2D eigenvalue weighted by molar-refractivity contribution is 0.0406. The Morgan fingerprint density at radius 2 is 1.07 bits per heavy atom. The molecule has 4 amide bonds. The average molecular weight is 1170 g/mol. The largest absolute Gasteiger partial charge is 0.443 e. The van der Waals surface area contributed by atoms with Crippen LogP contribution in [0.4, 0.5) is 30.8 Å². The number of anilines is 2. The van der Waals surface area contributed by atoms with Crippen LogP contribution in [0, 0.1) is 12.3 Å². The molecule has 0 saturated heterocycles. The van der Waals surface area contributed by atoms with Crippen molar-refractivity contribution in [2.45, 2.75) is 117 Å². The van der Waals surface area contributed by atoms with Crippen LogP contribution in [0.2, 0.25) is 0 Å². The number of amides is 4. The van der Waals surface area contributed by atoms with E-state index in [4.69, 9.17) is 69.9 Å². The fourth-order valence-electron chi connectivity index (χ4n) is 5.11. The SMILES string of the molecule is C#Cc1nc(Br)cnc1N(C(=O)OC(C)(C)C)C(=O)OC(C)(C)C.CC(C)(C)OC(=O)N(C(=O)OC(C)(C)C)c1ncc(Br)nc1-c1cc(-c2ccc(CCl)cc2)no1.O/N=C(\Cl)c1ccc(CCl)cc1. The number of alkyl halides is 2. The Hall–Kier alpha value is -5.85. The first-order chi connectivity index (χ1) is 32.9. The van der Waals surface area contributed by atoms with E-state index in [1.807, 2.05) is 36.4 Å². The van der Waals surface area contributed by atoms with Crippen LogP contribution < -0.4 is 9.80 Å². The first kappa shape index (κ1) is 59.5. The van der Waals surface area contributed by atoms with E-state index >= 15 is 0 Å². The molecule has 0 aliphatic heterocycles. The summed E-state index contributed by atoms with van der Waals surface area (Å²) < 4.78 is 27.7. The van der Waals surface area contributed by atoms with Crippen molar-refractivity contribution < 1.29 is 47.9 Å². The molecule has 2 aromatic carbocycles. The highest BCUT2D eigenvalue weighted by Crippen LogP contribution is 2.34. The summed E-state index contributed by atoms with van der Waals surface area (Å²) in [6, 6.07) is 16.3. The van der Waals surface area contributed by atoms with Crippen LogP contribution in [-0.2, 0) is 30.7 Å². The van der Waals surface area contributed by atoms with E-state index in [1.54, 1.807) is 101 Å². The van der Waals surface area contributed by atoms with Gasteiger partial charge in [0.2, 0.25) is 0 Å². The minimum Gasteiger partial charge on any atom is -0.443 e. The average Bonchev–Trinajstić information content (AvgIpc) is 3.76. The molecule has 0 bridgehead atoms. The number of carbonyl (C=O) groups excluding carboxylic acids is 4. The molecule has 71 heavy (non-hydrogen) atoms. The maximum absolute atomic E-state index is 13.1. The number of benzene rings is 2. The third-order valence-electron chi connectivity index (χ3n) is 7.89. The fraction of sp³-hybridized carbons (Fsp3) is 0.375. The van der Waals surface area contributed by atoms with Crippen molar-refractivity contribution in [3.05, 3.63) is 98.6 Å². The van der Waals surface area contributed by atoms with Gasteiger partial charge in [-0.2, -0.15) is 9.80 Å². The van der Waals surface area contributed by atoms with Gasteiger partial charge in [-0.15, -0.1) is 29.6 Å². The number of nitrogens with zero attached hydrogens (tertiary/aromatic N) is 8. The van der Waals surface area contributed by atoms with Gasteiger partial charge in [-0.25, -0.2) is 39.1 Å². The molecule has 3 heterocycles. The maximum Gasteiger partial charge on any atom is 0.425 e. The zero-order chi connectivity index (χ0) is 53.6. The van der Waals surface area contributed by atoms with E-state index in [1.165, 1.54) is 12.4 Å². The number of terminal acetylenes is 1. The van der Waals surface area contributed by atoms with Crippen LogP contribution in [0.5, 0.6) is 0 Å². The highest BCUT2D eigenvalue weighted by molar-refractivity contribution is 9.10. The quantitative estimate of drug-likeness (QED) is 0.0400. The first-order valence-corrected chi connectivity index (χ1v) is 24.1. The lowest BCUT2D eigenvalue weighted by atomic mass is 10.1. The molecule has 0 radical (unpaired) electrons. The summed E-state index contributed by atoms with van der Waals surface area (Å²) in [5.74, 6) is 3.07. The van der Waals surface area contributed by atoms with Crippen LogP contribution in [0.3, 0.4) is 0 Å². The lowest BCUT2D eigenvalue weighted by Crippen LogP contribution is -2.44. The van der Waals surface area contributed by atoms with Gasteiger partial charge in [0, 0.05) is 29.0 Å². The molecular formula is C48H53Br2Cl3N8O10. The minimum absolute atomic E-state index is 0.00101. The predicted octanol–water partition coefficient (Wildman–Crippen LogP) is 13.7. The maximum atomic E-state index is 13.1. The summed E-state index contributed by atoms with van der Waals surface area (Å²) >= 11 is 23.4. The molecule has 380 valence electrons. The second kappa shape index (κ2) is 25.5. The van der Waals surface area contributed by atoms with E-state index in [2.05, 4.69) is 68.0 Å². The van der Waals surface area contributed by atoms with Crippen molar-refractivity contribution >= 4 is 108 Å². The monoisotopic (exact) mass is 1160 g/mol. The number of hydrogen-bond donors (Lipinski definition) is 1. The molecule has 18 nitrogen and oxygen atoms in total. The second-order valence-corrected chi connectivity index (χ2v) is 21.1. The standard InChI is InChI=1S/C24H26BrClN4O5.C16H20BrN3O4.C8H7Cl2NO/c1-23(2,3)33-21(31)30(22(32)34-24(4,5)6)20-19(28-18(25)13-27-20)17-11-16(29-35-17)15-9-7-14(12-26)8-10-15;1-8-10-12(18-9-11(17)19-10)20(13(21)23-15(2,3)4)14(22)24-16(5,6)7;9-5-6-1-3-7(4-2-6)8(10)11-12/h7-11,13H,12H2,1-6H3;1,9H,2-7H3;1-4,12H,5H2/b;;11-8-. The molecule has 5 rings (SSSR count). The molecule has 0 atom stereocenters. The van der Waals surface area contributed by atoms with E-state index in [9.17, 15) is 19.2 Å². The number of carbonyl (C=O) groups is 4. The van der Waals surface area contributed by atoms with E-state index in [0.717, 1.165) is 16.7 Å². The first-order valence-electron chi connectivity index (χ1n) is 21.1. The molecule has 0 spiro atoms. The number of halogens is 5. The van der Waals surface area contributed by atoms with Gasteiger partial charge in [0.1, 0.15) is 37.3 Å². The molecule has 1 N–H and O–H groups in total. The van der Waals surface area contributed by atoms with Crippen molar-refractivity contribution in [2.75, 3.05) is 9.80 Å². The summed E-state index contributed by atoms with van der Waals surface area (Å²) in [5, 5.41) is 15.4. The van der Waals surface area contributed by atoms with Gasteiger partial charge in [-0.05, 0) is 132 Å². The van der Waals surface area contributed by atoms with Gasteiger partial charge < -0.3 is 28.7 Å². The van der Waals surface area contributed by atoms with Gasteiger partial charge in [0.15, 0.2) is 34.0 Å². The number of rotatable bonds is 7. The third-order valence-corrected chi connectivity index (χ3v) is 9.57. The van der Waals surface area contributed by atoms with Crippen molar-refractivity contribution in [3.63, 3.8) is 0 Å². The van der Waals surface area contributed by atoms with Gasteiger partial charge in [-0.3, -0.25) is 0 Å². The van der Waals surface area contributed by atoms with E-state index < -0.39 is 46.8 Å². The number of oxime groups is 1. The topological polar surface area (TPSA) is 222 Å². The summed E-state index contributed by atoms with van der Waals surface area (Å²) in [4.78, 5) is 69.3. The predicted molar refractivity (Wildman–Crippen MR) is 278 cm³/mol. The molecule has 0 saturated carbocycles. The summed E-state index contributed by atoms with van der Waals surface area (Å²) in [6.45, 7) is 20.2. The van der Waals surface area contributed by atoms with Gasteiger partial charge >= 0.3 is 24.4 Å². The molecular weight excluding hydrogens is 1110 g/mol. The Morgan fingerprint density at radius 1 is 0.676 bits per heavy atom. The van der Waals surface area contributed by atoms with Crippen LogP contribution in [0.25, 0.3) is 22.7 Å². The zero-order valence-electron chi connectivity index (χ0n) is 40.9. The molecule has 0 aliphatic rings. The second-order valence-electron chi connectivity index (χ2n) is 18.6. The van der Waals surface area contributed by atoms with Crippen molar-refractivity contribution in [2.24, 2.45) is 5.16 Å².